The third-order valence-electron chi connectivity index (χ3n) is 7.60. The van der Waals surface area contributed by atoms with E-state index in [1.165, 1.54) is 77.0 Å². The second-order valence-electron chi connectivity index (χ2n) is 9.87. The van der Waals surface area contributed by atoms with Crippen molar-refractivity contribution in [2.45, 2.75) is 131 Å². The average molecular weight is 384 g/mol. The molecule has 0 aliphatic heterocycles. The molecule has 0 spiro atoms. The van der Waals surface area contributed by atoms with Crippen LogP contribution in [0.5, 0.6) is 0 Å². The van der Waals surface area contributed by atoms with Crippen LogP contribution >= 0.6 is 0 Å². The smallest absolute Gasteiger partial charge is 0.0431 e. The Morgan fingerprint density at radius 3 is 1.70 bits per heavy atom. The summed E-state index contributed by atoms with van der Waals surface area (Å²) in [5, 5.41) is 9.40. The van der Waals surface area contributed by atoms with Gasteiger partial charge in [0.2, 0.25) is 0 Å². The molecule has 2 nitrogen and oxygen atoms in total. The van der Waals surface area contributed by atoms with Crippen molar-refractivity contribution in [1.82, 2.24) is 0 Å². The maximum Gasteiger partial charge on any atom is 0.0431 e. The SMILES string of the molecule is CCCCCCCCCCCCC(C)(CCCO)C(C)(C)C(C)CCCN. The number of unbranched alkanes of at least 4 members (excludes halogenated alkanes) is 9. The number of hydrogen-bond donors (Lipinski definition) is 2. The fourth-order valence-corrected chi connectivity index (χ4v) is 4.62. The highest BCUT2D eigenvalue weighted by atomic mass is 16.2. The number of hydrogen-bond acceptors (Lipinski definition) is 2. The summed E-state index contributed by atoms with van der Waals surface area (Å²) in [6.45, 7) is 13.2. The van der Waals surface area contributed by atoms with Crippen molar-refractivity contribution >= 4 is 0 Å². The fourth-order valence-electron chi connectivity index (χ4n) is 4.62. The molecular weight excluding hydrogens is 330 g/mol. The van der Waals surface area contributed by atoms with Crippen LogP contribution in [-0.4, -0.2) is 18.3 Å². The molecule has 2 unspecified atom stereocenters. The molecule has 164 valence electrons. The number of aliphatic hydroxyl groups excluding tert-OH is 1. The second-order valence-corrected chi connectivity index (χ2v) is 9.87. The van der Waals surface area contributed by atoms with Crippen LogP contribution in [0.3, 0.4) is 0 Å². The summed E-state index contributed by atoms with van der Waals surface area (Å²) in [7, 11) is 0. The molecule has 0 aromatic heterocycles. The van der Waals surface area contributed by atoms with Gasteiger partial charge in [0.1, 0.15) is 0 Å². The molecule has 0 aliphatic rings. The highest BCUT2D eigenvalue weighted by Crippen LogP contribution is 2.52. The Balaban J connectivity index is 4.31. The molecule has 0 aliphatic carbocycles. The first kappa shape index (κ1) is 26.9. The maximum atomic E-state index is 9.40. The zero-order valence-electron chi connectivity index (χ0n) is 19.6. The summed E-state index contributed by atoms with van der Waals surface area (Å²) in [4.78, 5) is 0. The van der Waals surface area contributed by atoms with E-state index in [0.717, 1.165) is 25.8 Å². The van der Waals surface area contributed by atoms with Crippen LogP contribution < -0.4 is 5.73 Å². The minimum Gasteiger partial charge on any atom is -0.396 e. The van der Waals surface area contributed by atoms with Crippen molar-refractivity contribution in [3.8, 4) is 0 Å². The second kappa shape index (κ2) is 15.8. The lowest BCUT2D eigenvalue weighted by molar-refractivity contribution is 0.00369. The van der Waals surface area contributed by atoms with Gasteiger partial charge in [-0.25, -0.2) is 0 Å². The summed E-state index contributed by atoms with van der Waals surface area (Å²) < 4.78 is 0. The third-order valence-corrected chi connectivity index (χ3v) is 7.60. The molecule has 0 saturated carbocycles. The quantitative estimate of drug-likeness (QED) is 0.227. The molecule has 0 bridgehead atoms. The lowest BCUT2D eigenvalue weighted by Gasteiger charge is -2.49. The van der Waals surface area contributed by atoms with Gasteiger partial charge in [0, 0.05) is 6.61 Å². The number of aliphatic hydroxyl groups is 1. The van der Waals surface area contributed by atoms with Crippen molar-refractivity contribution in [3.63, 3.8) is 0 Å². The molecule has 0 amide bonds. The highest BCUT2D eigenvalue weighted by Gasteiger charge is 2.42. The molecule has 0 heterocycles. The Morgan fingerprint density at radius 2 is 1.22 bits per heavy atom. The first-order chi connectivity index (χ1) is 12.9. The summed E-state index contributed by atoms with van der Waals surface area (Å²) >= 11 is 0. The highest BCUT2D eigenvalue weighted by molar-refractivity contribution is 4.92. The topological polar surface area (TPSA) is 46.2 Å². The molecule has 0 rings (SSSR count). The van der Waals surface area contributed by atoms with Gasteiger partial charge in [-0.3, -0.25) is 0 Å². The van der Waals surface area contributed by atoms with E-state index in [2.05, 4.69) is 34.6 Å². The van der Waals surface area contributed by atoms with Crippen LogP contribution in [0.1, 0.15) is 131 Å². The van der Waals surface area contributed by atoms with E-state index in [1.54, 1.807) is 0 Å². The van der Waals surface area contributed by atoms with Gasteiger partial charge in [0.15, 0.2) is 0 Å². The molecule has 0 saturated heterocycles. The fraction of sp³-hybridized carbons (Fsp3) is 1.00. The third kappa shape index (κ3) is 10.9. The molecule has 0 aromatic carbocycles. The van der Waals surface area contributed by atoms with Crippen molar-refractivity contribution in [1.29, 1.82) is 0 Å². The van der Waals surface area contributed by atoms with Crippen LogP contribution in [0.15, 0.2) is 0 Å². The van der Waals surface area contributed by atoms with Gasteiger partial charge in [-0.1, -0.05) is 98.8 Å². The maximum absolute atomic E-state index is 9.40. The van der Waals surface area contributed by atoms with Crippen LogP contribution in [0.2, 0.25) is 0 Å². The minimum atomic E-state index is 0.288. The Labute approximate surface area is 172 Å². The molecule has 0 aromatic rings. The van der Waals surface area contributed by atoms with E-state index in [-0.39, 0.29) is 5.41 Å². The Morgan fingerprint density at radius 1 is 0.741 bits per heavy atom. The van der Waals surface area contributed by atoms with Crippen LogP contribution in [0.25, 0.3) is 0 Å². The van der Waals surface area contributed by atoms with E-state index < -0.39 is 0 Å². The van der Waals surface area contributed by atoms with Crippen molar-refractivity contribution in [3.05, 3.63) is 0 Å². The van der Waals surface area contributed by atoms with Crippen LogP contribution in [0, 0.1) is 16.7 Å². The van der Waals surface area contributed by atoms with Gasteiger partial charge in [-0.15, -0.1) is 0 Å². The van der Waals surface area contributed by atoms with E-state index in [9.17, 15) is 5.11 Å². The Kier molecular flexibility index (Phi) is 15.8. The van der Waals surface area contributed by atoms with Crippen LogP contribution in [0.4, 0.5) is 0 Å². The predicted octanol–water partition coefficient (Wildman–Crippen LogP) is 7.48. The summed E-state index contributed by atoms with van der Waals surface area (Å²) in [5.41, 5.74) is 6.35. The lowest BCUT2D eigenvalue weighted by Crippen LogP contribution is -2.40. The molecule has 0 radical (unpaired) electrons. The van der Waals surface area contributed by atoms with Gasteiger partial charge < -0.3 is 10.8 Å². The van der Waals surface area contributed by atoms with Gasteiger partial charge in [0.25, 0.3) is 0 Å². The molecule has 27 heavy (non-hydrogen) atoms. The van der Waals surface area contributed by atoms with Gasteiger partial charge in [0.05, 0.1) is 0 Å². The van der Waals surface area contributed by atoms with E-state index in [4.69, 9.17) is 5.73 Å². The number of rotatable bonds is 19. The summed E-state index contributed by atoms with van der Waals surface area (Å²) in [6.07, 6.45) is 19.7. The van der Waals surface area contributed by atoms with Crippen molar-refractivity contribution in [2.24, 2.45) is 22.5 Å². The van der Waals surface area contributed by atoms with E-state index in [1.807, 2.05) is 0 Å². The normalized spacial score (nSPS) is 15.7. The number of nitrogens with two attached hydrogens (primary N) is 1. The first-order valence-electron chi connectivity index (χ1n) is 12.2. The largest absolute Gasteiger partial charge is 0.396 e. The zero-order valence-corrected chi connectivity index (χ0v) is 19.6. The van der Waals surface area contributed by atoms with Crippen molar-refractivity contribution in [2.75, 3.05) is 13.2 Å². The summed E-state index contributed by atoms with van der Waals surface area (Å²) in [6, 6.07) is 0. The lowest BCUT2D eigenvalue weighted by atomic mass is 9.56. The van der Waals surface area contributed by atoms with Crippen molar-refractivity contribution < 1.29 is 5.11 Å². The average Bonchev–Trinajstić information content (AvgIpc) is 2.65. The minimum absolute atomic E-state index is 0.288. The molecule has 3 N–H and O–H groups in total. The monoisotopic (exact) mass is 383 g/mol. The van der Waals surface area contributed by atoms with Crippen LogP contribution in [-0.2, 0) is 0 Å². The van der Waals surface area contributed by atoms with E-state index in [0.29, 0.717) is 17.9 Å². The van der Waals surface area contributed by atoms with Gasteiger partial charge >= 0.3 is 0 Å². The zero-order chi connectivity index (χ0) is 20.6. The standard InChI is InChI=1S/C25H53NO/c1-6-7-8-9-10-11-12-13-14-15-19-25(5,20-17-22-27)24(3,4)23(2)18-16-21-26/h23,27H,6-22,26H2,1-5H3. The van der Waals surface area contributed by atoms with Gasteiger partial charge in [-0.2, -0.15) is 0 Å². The Hall–Kier alpha value is -0.0800. The first-order valence-corrected chi connectivity index (χ1v) is 12.2. The molecule has 0 fully saturated rings. The predicted molar refractivity (Wildman–Crippen MR) is 122 cm³/mol. The molecule has 2 atom stereocenters. The summed E-state index contributed by atoms with van der Waals surface area (Å²) in [5.74, 6) is 0.674. The van der Waals surface area contributed by atoms with Gasteiger partial charge in [-0.05, 0) is 55.4 Å². The molecular formula is C25H53NO. The van der Waals surface area contributed by atoms with E-state index >= 15 is 0 Å². The Bertz CT molecular complexity index is 328. The molecule has 2 heteroatoms.